The first-order chi connectivity index (χ1) is 27.0. The highest BCUT2D eigenvalue weighted by Gasteiger charge is 2.62. The minimum absolute atomic E-state index is 0.0521. The van der Waals surface area contributed by atoms with Crippen LogP contribution in [-0.2, 0) is 10.8 Å². The van der Waals surface area contributed by atoms with Gasteiger partial charge >= 0.3 is 0 Å². The maximum Gasteiger partial charge on any atom is 0.0278 e. The van der Waals surface area contributed by atoms with E-state index in [1.54, 1.807) is 11.1 Å². The molecule has 55 heavy (non-hydrogen) atoms. The minimum Gasteiger partial charge on any atom is -0.0619 e. The molecule has 0 aromatic heterocycles. The van der Waals surface area contributed by atoms with Crippen LogP contribution in [0.2, 0.25) is 0 Å². The highest BCUT2D eigenvalue weighted by molar-refractivity contribution is 6.23. The largest absolute Gasteiger partial charge is 0.0619 e. The molecule has 0 unspecified atom stereocenters. The summed E-state index contributed by atoms with van der Waals surface area (Å²) in [6, 6.07) is 56.6. The molecule has 1 spiro atoms. The second-order valence-corrected chi connectivity index (χ2v) is 18.4. The molecule has 0 N–H and O–H groups in total. The summed E-state index contributed by atoms with van der Waals surface area (Å²) in [7, 11) is 0. The number of rotatable bonds is 2. The van der Waals surface area contributed by atoms with Gasteiger partial charge in [0.15, 0.2) is 0 Å². The maximum absolute atomic E-state index is 2.57. The van der Waals surface area contributed by atoms with Crippen LogP contribution in [0.15, 0.2) is 146 Å². The van der Waals surface area contributed by atoms with Crippen molar-refractivity contribution in [3.05, 3.63) is 168 Å². The number of hydrogen-bond acceptors (Lipinski definition) is 0. The van der Waals surface area contributed by atoms with Gasteiger partial charge in [-0.3, -0.25) is 0 Å². The number of benzene rings is 8. The summed E-state index contributed by atoms with van der Waals surface area (Å²) in [5.41, 5.74) is 17.4. The minimum atomic E-state index is -0.0521. The molecule has 14 rings (SSSR count). The molecule has 0 heteroatoms. The lowest BCUT2D eigenvalue weighted by atomic mass is 9.43. The van der Waals surface area contributed by atoms with E-state index in [0.29, 0.717) is 0 Å². The third kappa shape index (κ3) is 3.79. The Labute approximate surface area is 323 Å². The van der Waals surface area contributed by atoms with Crippen LogP contribution in [0.25, 0.3) is 76.8 Å². The molecule has 4 saturated carbocycles. The molecule has 0 atom stereocenters. The van der Waals surface area contributed by atoms with E-state index >= 15 is 0 Å². The molecule has 0 saturated heterocycles. The van der Waals surface area contributed by atoms with E-state index < -0.39 is 0 Å². The summed E-state index contributed by atoms with van der Waals surface area (Å²) in [5, 5.41) is 8.25. The molecule has 0 amide bonds. The van der Waals surface area contributed by atoms with E-state index in [2.05, 4.69) is 159 Å². The van der Waals surface area contributed by atoms with Crippen LogP contribution >= 0.6 is 0 Å². The Morgan fingerprint density at radius 2 is 0.945 bits per heavy atom. The smallest absolute Gasteiger partial charge is 0.0278 e. The summed E-state index contributed by atoms with van der Waals surface area (Å²) < 4.78 is 0. The third-order valence-electron chi connectivity index (χ3n) is 15.6. The van der Waals surface area contributed by atoms with Crippen LogP contribution in [0.5, 0.6) is 0 Å². The van der Waals surface area contributed by atoms with Crippen LogP contribution < -0.4 is 0 Å². The van der Waals surface area contributed by atoms with E-state index in [0.717, 1.165) is 23.7 Å². The summed E-state index contributed by atoms with van der Waals surface area (Å²) in [6.07, 6.45) is 7.04. The summed E-state index contributed by atoms with van der Waals surface area (Å²) in [5.74, 6) is 3.27. The zero-order valence-electron chi connectivity index (χ0n) is 31.7. The van der Waals surface area contributed by atoms with Gasteiger partial charge in [-0.2, -0.15) is 0 Å². The van der Waals surface area contributed by atoms with Gasteiger partial charge in [-0.1, -0.05) is 153 Å². The van der Waals surface area contributed by atoms with Crippen molar-refractivity contribution in [3.8, 4) is 44.5 Å². The predicted molar refractivity (Wildman–Crippen MR) is 231 cm³/mol. The normalized spacial score (nSPS) is 24.8. The molecule has 6 aliphatic carbocycles. The van der Waals surface area contributed by atoms with Crippen molar-refractivity contribution in [2.75, 3.05) is 0 Å². The second kappa shape index (κ2) is 10.6. The molecular formula is C55H44. The van der Waals surface area contributed by atoms with Crippen LogP contribution in [0, 0.1) is 23.7 Å². The van der Waals surface area contributed by atoms with Gasteiger partial charge in [0, 0.05) is 10.8 Å². The Hall–Kier alpha value is -5.46. The average molecular weight is 705 g/mol. The van der Waals surface area contributed by atoms with Gasteiger partial charge in [-0.15, -0.1) is 0 Å². The Kier molecular flexibility index (Phi) is 5.96. The van der Waals surface area contributed by atoms with E-state index in [1.807, 2.05) is 0 Å². The molecule has 0 heterocycles. The Balaban J connectivity index is 1.11. The Bertz CT molecular complexity index is 2890. The van der Waals surface area contributed by atoms with Crippen molar-refractivity contribution in [1.82, 2.24) is 0 Å². The molecule has 0 radical (unpaired) electrons. The van der Waals surface area contributed by atoms with Crippen LogP contribution in [0.3, 0.4) is 0 Å². The van der Waals surface area contributed by atoms with E-state index in [4.69, 9.17) is 0 Å². The van der Waals surface area contributed by atoms with Gasteiger partial charge in [0.05, 0.1) is 0 Å². The second-order valence-electron chi connectivity index (χ2n) is 18.4. The van der Waals surface area contributed by atoms with E-state index in [1.165, 1.54) is 120 Å². The van der Waals surface area contributed by atoms with Crippen LogP contribution in [0.1, 0.15) is 68.2 Å². The van der Waals surface area contributed by atoms with Gasteiger partial charge in [0.25, 0.3) is 0 Å². The van der Waals surface area contributed by atoms with Gasteiger partial charge in [-0.25, -0.2) is 0 Å². The molecule has 0 nitrogen and oxygen atoms in total. The van der Waals surface area contributed by atoms with Crippen LogP contribution in [0.4, 0.5) is 0 Å². The molecule has 4 fully saturated rings. The third-order valence-corrected chi connectivity index (χ3v) is 15.6. The van der Waals surface area contributed by atoms with Crippen molar-refractivity contribution < 1.29 is 0 Å². The first-order valence-electron chi connectivity index (χ1n) is 20.9. The number of fused-ring (bicyclic) bond motifs is 10. The van der Waals surface area contributed by atoms with Gasteiger partial charge in [0.1, 0.15) is 0 Å². The van der Waals surface area contributed by atoms with Crippen LogP contribution in [-0.4, -0.2) is 0 Å². The van der Waals surface area contributed by atoms with Gasteiger partial charge in [0.2, 0.25) is 0 Å². The SMILES string of the molecule is CC1(C)c2ccccc2-c2ccc(-c3c4ccccc4c(-c4cccc5c4-c4ccc6ccccc6c4C54C5CC6CC(C5)CC4C6)c4ccccc34)cc21. The van der Waals surface area contributed by atoms with Gasteiger partial charge in [-0.05, 0) is 161 Å². The fourth-order valence-corrected chi connectivity index (χ4v) is 13.8. The highest BCUT2D eigenvalue weighted by atomic mass is 14.7. The molecule has 8 aromatic carbocycles. The maximum atomic E-state index is 2.57. The molecule has 264 valence electrons. The standard InChI is InChI=1S/C55H44/c1-54(2)47-20-10-9-14-39(47)40-24-23-35(31-49(40)54)50-41-15-5-7-17-43(41)51(44-18-8-6-16-42(44)50)45-19-11-21-48-52(45)46-25-22-34-12-3-4-13-38(34)53(46)55(48)36-27-32-26-33(29-36)30-37(55)28-32/h3-25,31-33,36-37H,26-30H2,1-2H3. The summed E-state index contributed by atoms with van der Waals surface area (Å²) >= 11 is 0. The van der Waals surface area contributed by atoms with Crippen molar-refractivity contribution in [2.24, 2.45) is 23.7 Å². The zero-order valence-corrected chi connectivity index (χ0v) is 31.7. The van der Waals surface area contributed by atoms with Gasteiger partial charge < -0.3 is 0 Å². The lowest BCUT2D eigenvalue weighted by Gasteiger charge is -2.61. The van der Waals surface area contributed by atoms with E-state index in [9.17, 15) is 0 Å². The topological polar surface area (TPSA) is 0 Å². The Morgan fingerprint density at radius 1 is 0.400 bits per heavy atom. The average Bonchev–Trinajstić information content (AvgIpc) is 3.65. The molecule has 6 aliphatic rings. The van der Waals surface area contributed by atoms with Crippen molar-refractivity contribution >= 4 is 32.3 Å². The molecule has 0 aliphatic heterocycles. The highest BCUT2D eigenvalue weighted by Crippen LogP contribution is 2.71. The predicted octanol–water partition coefficient (Wildman–Crippen LogP) is 14.5. The zero-order chi connectivity index (χ0) is 36.2. The van der Waals surface area contributed by atoms with Crippen molar-refractivity contribution in [1.29, 1.82) is 0 Å². The molecule has 8 aromatic rings. The molecule has 4 bridgehead atoms. The van der Waals surface area contributed by atoms with Crippen molar-refractivity contribution in [3.63, 3.8) is 0 Å². The lowest BCUT2D eigenvalue weighted by Crippen LogP contribution is -2.55. The van der Waals surface area contributed by atoms with Crippen molar-refractivity contribution in [2.45, 2.75) is 56.8 Å². The quantitative estimate of drug-likeness (QED) is 0.157. The van der Waals surface area contributed by atoms with E-state index in [-0.39, 0.29) is 10.8 Å². The fraction of sp³-hybridized carbons (Fsp3) is 0.236. The first kappa shape index (κ1) is 30.8. The molecular weight excluding hydrogens is 661 g/mol. The monoisotopic (exact) mass is 704 g/mol. The lowest BCUT2D eigenvalue weighted by molar-refractivity contribution is -0.0393. The summed E-state index contributed by atoms with van der Waals surface area (Å²) in [6.45, 7) is 4.79. The number of hydrogen-bond donors (Lipinski definition) is 0. The fourth-order valence-electron chi connectivity index (χ4n) is 13.8. The Morgan fingerprint density at radius 3 is 1.65 bits per heavy atom. The summed E-state index contributed by atoms with van der Waals surface area (Å²) in [4.78, 5) is 0. The first-order valence-corrected chi connectivity index (χ1v) is 20.9.